The van der Waals surface area contributed by atoms with Crippen LogP contribution in [0.25, 0.3) is 0 Å². The second kappa shape index (κ2) is 5.12. The van der Waals surface area contributed by atoms with E-state index in [-0.39, 0.29) is 5.91 Å². The van der Waals surface area contributed by atoms with Crippen molar-refractivity contribution in [1.82, 2.24) is 15.0 Å². The predicted octanol–water partition coefficient (Wildman–Crippen LogP) is 1.35. The minimum atomic E-state index is 0.0130. The van der Waals surface area contributed by atoms with Crippen LogP contribution in [0.5, 0.6) is 0 Å². The van der Waals surface area contributed by atoms with Crippen molar-refractivity contribution in [2.45, 2.75) is 26.2 Å². The van der Waals surface area contributed by atoms with E-state index in [2.05, 4.69) is 16.7 Å². The van der Waals surface area contributed by atoms with Crippen LogP contribution in [-0.2, 0) is 11.2 Å². The van der Waals surface area contributed by atoms with Gasteiger partial charge in [0.2, 0.25) is 11.8 Å². The zero-order chi connectivity index (χ0) is 12.3. The molecule has 1 atom stereocenters. The minimum Gasteiger partial charge on any atom is -0.340 e. The van der Waals surface area contributed by atoms with Crippen LogP contribution in [0.2, 0.25) is 0 Å². The number of nitrogens with zero attached hydrogens (tertiary/aromatic N) is 3. The van der Waals surface area contributed by atoms with Crippen LogP contribution in [0.1, 0.15) is 24.6 Å². The van der Waals surface area contributed by atoms with E-state index >= 15 is 0 Å². The summed E-state index contributed by atoms with van der Waals surface area (Å²) >= 11 is 0. The average Bonchev–Trinajstić information content (AvgIpc) is 2.74. The molecule has 2 rings (SSSR count). The van der Waals surface area contributed by atoms with E-state index < -0.39 is 0 Å². The first kappa shape index (κ1) is 11.8. The highest BCUT2D eigenvalue weighted by atomic mass is 16.5. The molecule has 17 heavy (non-hydrogen) atoms. The molecule has 92 valence electrons. The van der Waals surface area contributed by atoms with Crippen LogP contribution in [-0.4, -0.2) is 34.0 Å². The van der Waals surface area contributed by atoms with Crippen molar-refractivity contribution in [3.05, 3.63) is 24.4 Å². The molecular weight excluding hydrogens is 218 g/mol. The average molecular weight is 235 g/mol. The number of piperidine rings is 1. The molecular formula is C12H17N3O2. The van der Waals surface area contributed by atoms with Crippen molar-refractivity contribution in [3.8, 4) is 0 Å². The predicted molar refractivity (Wildman–Crippen MR) is 62.2 cm³/mol. The fraction of sp³-hybridized carbons (Fsp3) is 0.583. The standard InChI is InChI=1S/C12H17N3O2/c1-3-12(16)15-6-4-5-10(8-15)7-11-13-9(2)17-14-11/h3,10H,1,4-8H2,2H3. The minimum absolute atomic E-state index is 0.0130. The van der Waals surface area contributed by atoms with E-state index in [1.165, 1.54) is 6.08 Å². The molecule has 1 unspecified atom stereocenters. The molecule has 0 bridgehead atoms. The highest BCUT2D eigenvalue weighted by Crippen LogP contribution is 2.19. The Hall–Kier alpha value is -1.65. The molecule has 1 aromatic heterocycles. The van der Waals surface area contributed by atoms with Gasteiger partial charge in [0.1, 0.15) is 0 Å². The Kier molecular flexibility index (Phi) is 3.56. The highest BCUT2D eigenvalue weighted by Gasteiger charge is 2.23. The number of hydrogen-bond donors (Lipinski definition) is 0. The number of aromatic nitrogens is 2. The number of carbonyl (C=O) groups is 1. The van der Waals surface area contributed by atoms with Gasteiger partial charge in [0, 0.05) is 26.4 Å². The van der Waals surface area contributed by atoms with Gasteiger partial charge in [-0.15, -0.1) is 0 Å². The van der Waals surface area contributed by atoms with E-state index in [0.717, 1.165) is 38.2 Å². The summed E-state index contributed by atoms with van der Waals surface area (Å²) in [6.45, 7) is 6.89. The molecule has 1 amide bonds. The van der Waals surface area contributed by atoms with Gasteiger partial charge >= 0.3 is 0 Å². The molecule has 1 aliphatic heterocycles. The van der Waals surface area contributed by atoms with Crippen LogP contribution in [0, 0.1) is 12.8 Å². The van der Waals surface area contributed by atoms with Crippen molar-refractivity contribution in [2.75, 3.05) is 13.1 Å². The Labute approximate surface area is 100 Å². The van der Waals surface area contributed by atoms with Crippen LogP contribution < -0.4 is 0 Å². The zero-order valence-corrected chi connectivity index (χ0v) is 10.1. The summed E-state index contributed by atoms with van der Waals surface area (Å²) in [4.78, 5) is 17.6. The first-order chi connectivity index (χ1) is 8.19. The molecule has 0 spiro atoms. The lowest BCUT2D eigenvalue weighted by Crippen LogP contribution is -2.39. The first-order valence-electron chi connectivity index (χ1n) is 5.89. The van der Waals surface area contributed by atoms with Gasteiger partial charge in [-0.3, -0.25) is 4.79 Å². The number of hydrogen-bond acceptors (Lipinski definition) is 4. The molecule has 2 heterocycles. The Morgan fingerprint density at radius 2 is 2.53 bits per heavy atom. The van der Waals surface area contributed by atoms with Crippen LogP contribution in [0.4, 0.5) is 0 Å². The smallest absolute Gasteiger partial charge is 0.245 e. The topological polar surface area (TPSA) is 59.2 Å². The van der Waals surface area contributed by atoms with Gasteiger partial charge in [-0.1, -0.05) is 11.7 Å². The molecule has 0 saturated carbocycles. The van der Waals surface area contributed by atoms with E-state index in [1.807, 2.05) is 4.90 Å². The number of likely N-dealkylation sites (tertiary alicyclic amines) is 1. The molecule has 0 radical (unpaired) electrons. The molecule has 0 N–H and O–H groups in total. The molecule has 1 aliphatic rings. The van der Waals surface area contributed by atoms with E-state index in [9.17, 15) is 4.79 Å². The molecule has 1 saturated heterocycles. The Morgan fingerprint density at radius 1 is 1.71 bits per heavy atom. The SMILES string of the molecule is C=CC(=O)N1CCCC(Cc2noc(C)n2)C1. The quantitative estimate of drug-likeness (QED) is 0.742. The fourth-order valence-electron chi connectivity index (χ4n) is 2.24. The molecule has 1 aromatic rings. The van der Waals surface area contributed by atoms with Crippen molar-refractivity contribution < 1.29 is 9.32 Å². The fourth-order valence-corrected chi connectivity index (χ4v) is 2.24. The Morgan fingerprint density at radius 3 is 3.18 bits per heavy atom. The summed E-state index contributed by atoms with van der Waals surface area (Å²) in [5.41, 5.74) is 0. The molecule has 0 aliphatic carbocycles. The normalized spacial score (nSPS) is 20.3. The molecule has 5 heteroatoms. The van der Waals surface area contributed by atoms with Gasteiger partial charge in [-0.2, -0.15) is 4.98 Å². The van der Waals surface area contributed by atoms with Gasteiger partial charge in [-0.25, -0.2) is 0 Å². The van der Waals surface area contributed by atoms with Crippen LogP contribution >= 0.6 is 0 Å². The van der Waals surface area contributed by atoms with E-state index in [1.54, 1.807) is 6.92 Å². The molecule has 0 aromatic carbocycles. The lowest BCUT2D eigenvalue weighted by atomic mass is 9.94. The third kappa shape index (κ3) is 2.93. The Balaban J connectivity index is 1.93. The van der Waals surface area contributed by atoms with Gasteiger partial charge < -0.3 is 9.42 Å². The zero-order valence-electron chi connectivity index (χ0n) is 10.1. The maximum atomic E-state index is 11.5. The van der Waals surface area contributed by atoms with Gasteiger partial charge in [0.15, 0.2) is 5.82 Å². The largest absolute Gasteiger partial charge is 0.340 e. The maximum Gasteiger partial charge on any atom is 0.245 e. The summed E-state index contributed by atoms with van der Waals surface area (Å²) in [6, 6.07) is 0. The second-order valence-corrected chi connectivity index (χ2v) is 4.43. The van der Waals surface area contributed by atoms with Crippen molar-refractivity contribution in [1.29, 1.82) is 0 Å². The van der Waals surface area contributed by atoms with Crippen molar-refractivity contribution >= 4 is 5.91 Å². The number of aryl methyl sites for hydroxylation is 1. The van der Waals surface area contributed by atoms with E-state index in [4.69, 9.17) is 4.52 Å². The van der Waals surface area contributed by atoms with Crippen LogP contribution in [0.3, 0.4) is 0 Å². The molecule has 5 nitrogen and oxygen atoms in total. The number of rotatable bonds is 3. The summed E-state index contributed by atoms with van der Waals surface area (Å²) < 4.78 is 4.94. The lowest BCUT2D eigenvalue weighted by Gasteiger charge is -2.31. The summed E-state index contributed by atoms with van der Waals surface area (Å²) in [7, 11) is 0. The van der Waals surface area contributed by atoms with E-state index in [0.29, 0.717) is 11.8 Å². The highest BCUT2D eigenvalue weighted by molar-refractivity contribution is 5.87. The van der Waals surface area contributed by atoms with Gasteiger partial charge in [0.05, 0.1) is 0 Å². The van der Waals surface area contributed by atoms with Gasteiger partial charge in [0.25, 0.3) is 0 Å². The summed E-state index contributed by atoms with van der Waals surface area (Å²) in [5, 5.41) is 3.89. The summed E-state index contributed by atoms with van der Waals surface area (Å²) in [5.74, 6) is 1.76. The monoisotopic (exact) mass is 235 g/mol. The lowest BCUT2D eigenvalue weighted by molar-refractivity contribution is -0.127. The third-order valence-electron chi connectivity index (χ3n) is 3.05. The number of amides is 1. The second-order valence-electron chi connectivity index (χ2n) is 4.43. The van der Waals surface area contributed by atoms with Crippen LogP contribution in [0.15, 0.2) is 17.2 Å². The van der Waals surface area contributed by atoms with Gasteiger partial charge in [-0.05, 0) is 24.8 Å². The van der Waals surface area contributed by atoms with Crippen molar-refractivity contribution in [2.24, 2.45) is 5.92 Å². The summed E-state index contributed by atoms with van der Waals surface area (Å²) in [6.07, 6.45) is 4.29. The Bertz CT molecular complexity index is 414. The molecule has 1 fully saturated rings. The van der Waals surface area contributed by atoms with Crippen molar-refractivity contribution in [3.63, 3.8) is 0 Å². The third-order valence-corrected chi connectivity index (χ3v) is 3.05. The number of carbonyl (C=O) groups excluding carboxylic acids is 1. The maximum absolute atomic E-state index is 11.5. The first-order valence-corrected chi connectivity index (χ1v) is 5.89.